The van der Waals surface area contributed by atoms with E-state index < -0.39 is 86.8 Å². The lowest BCUT2D eigenvalue weighted by atomic mass is 9.97. The van der Waals surface area contributed by atoms with E-state index in [1.54, 1.807) is 6.08 Å². The minimum atomic E-state index is -1.79. The van der Waals surface area contributed by atoms with Gasteiger partial charge >= 0.3 is 0 Å². The number of ether oxygens (including phenoxy) is 4. The standard InChI is InChI=1S/C61H111NO13/c1-3-5-7-9-10-11-12-13-14-15-16-17-18-19-20-21-22-23-24-25-26-27-28-29-30-31-32-33-34-35-36-37-38-39-40-41-43-45-53(66)62-49(50(65)44-42-8-6-4-2)48-72-60-58(71)56(69)59(52(47-64)74-60)75-61-57(70)55(68)54(67)51(46-63)73-61/h12-13,15-16,18-19,42,44,49-52,54-61,63-65,67-71H,3-11,14,17,20-41,43,45-48H2,1-2H3,(H,62,66)/b13-12-,16-15-,19-18-,44-42+. The first-order valence-corrected chi connectivity index (χ1v) is 30.4. The highest BCUT2D eigenvalue weighted by Gasteiger charge is 2.51. The van der Waals surface area contributed by atoms with Crippen LogP contribution in [0.5, 0.6) is 0 Å². The molecule has 438 valence electrons. The molecule has 0 spiro atoms. The average Bonchev–Trinajstić information content (AvgIpc) is 3.41. The quantitative estimate of drug-likeness (QED) is 0.0204. The van der Waals surface area contributed by atoms with Crippen LogP contribution >= 0.6 is 0 Å². The Labute approximate surface area is 454 Å². The van der Waals surface area contributed by atoms with E-state index in [4.69, 9.17) is 18.9 Å². The highest BCUT2D eigenvalue weighted by atomic mass is 16.7. The van der Waals surface area contributed by atoms with Crippen molar-refractivity contribution in [3.63, 3.8) is 0 Å². The van der Waals surface area contributed by atoms with Crippen molar-refractivity contribution in [3.05, 3.63) is 48.6 Å². The van der Waals surface area contributed by atoms with Crippen LogP contribution in [0.3, 0.4) is 0 Å². The fourth-order valence-corrected chi connectivity index (χ4v) is 9.81. The summed E-state index contributed by atoms with van der Waals surface area (Å²) in [5.41, 5.74) is 0. The van der Waals surface area contributed by atoms with E-state index in [1.807, 2.05) is 6.08 Å². The second-order valence-electron chi connectivity index (χ2n) is 21.5. The van der Waals surface area contributed by atoms with Crippen LogP contribution in [-0.2, 0) is 23.7 Å². The number of carbonyl (C=O) groups is 1. The summed E-state index contributed by atoms with van der Waals surface area (Å²) in [6, 6.07) is -0.909. The van der Waals surface area contributed by atoms with Crippen molar-refractivity contribution >= 4 is 5.91 Å². The van der Waals surface area contributed by atoms with E-state index in [0.717, 1.165) is 51.4 Å². The Balaban J connectivity index is 1.47. The number of unbranched alkanes of at least 4 members (excludes halogenated alkanes) is 29. The van der Waals surface area contributed by atoms with Gasteiger partial charge in [-0.25, -0.2) is 0 Å². The van der Waals surface area contributed by atoms with E-state index in [2.05, 4.69) is 55.6 Å². The Morgan fingerprint density at radius 3 is 1.37 bits per heavy atom. The molecule has 0 aromatic rings. The van der Waals surface area contributed by atoms with Crippen LogP contribution in [0.2, 0.25) is 0 Å². The zero-order chi connectivity index (χ0) is 54.6. The molecule has 2 rings (SSSR count). The maximum atomic E-state index is 13.1. The average molecular weight is 1070 g/mol. The van der Waals surface area contributed by atoms with E-state index >= 15 is 0 Å². The number of hydrogen-bond donors (Lipinski definition) is 9. The highest BCUT2D eigenvalue weighted by Crippen LogP contribution is 2.30. The minimum absolute atomic E-state index is 0.247. The van der Waals surface area contributed by atoms with Gasteiger partial charge in [-0.15, -0.1) is 0 Å². The third-order valence-electron chi connectivity index (χ3n) is 14.8. The Bertz CT molecular complexity index is 1440. The molecular formula is C61H111NO13. The molecule has 14 heteroatoms. The number of nitrogens with one attached hydrogen (secondary N) is 1. The molecule has 2 aliphatic rings. The van der Waals surface area contributed by atoms with Crippen LogP contribution in [0.15, 0.2) is 48.6 Å². The van der Waals surface area contributed by atoms with Gasteiger partial charge < -0.3 is 65.1 Å². The summed E-state index contributed by atoms with van der Waals surface area (Å²) < 4.78 is 22.6. The molecule has 2 fully saturated rings. The van der Waals surface area contributed by atoms with Gasteiger partial charge in [-0.1, -0.05) is 229 Å². The number of aliphatic hydroxyl groups excluding tert-OH is 8. The molecule has 12 unspecified atom stereocenters. The van der Waals surface area contributed by atoms with Crippen LogP contribution < -0.4 is 5.32 Å². The van der Waals surface area contributed by atoms with E-state index in [0.29, 0.717) is 6.42 Å². The van der Waals surface area contributed by atoms with Gasteiger partial charge in [-0.05, 0) is 51.4 Å². The van der Waals surface area contributed by atoms with Crippen LogP contribution in [0.1, 0.15) is 239 Å². The van der Waals surface area contributed by atoms with E-state index in [1.165, 1.54) is 161 Å². The van der Waals surface area contributed by atoms with Crippen molar-refractivity contribution in [1.82, 2.24) is 5.32 Å². The second kappa shape index (κ2) is 46.8. The van der Waals surface area contributed by atoms with Gasteiger partial charge in [-0.2, -0.15) is 0 Å². The second-order valence-corrected chi connectivity index (χ2v) is 21.5. The summed E-state index contributed by atoms with van der Waals surface area (Å²) in [5.74, 6) is -0.247. The number of rotatable bonds is 48. The van der Waals surface area contributed by atoms with Gasteiger partial charge in [0.05, 0.1) is 32.0 Å². The smallest absolute Gasteiger partial charge is 0.220 e. The van der Waals surface area contributed by atoms with Crippen molar-refractivity contribution in [2.75, 3.05) is 19.8 Å². The van der Waals surface area contributed by atoms with Gasteiger partial charge in [-0.3, -0.25) is 4.79 Å². The molecular weight excluding hydrogens is 955 g/mol. The van der Waals surface area contributed by atoms with Crippen molar-refractivity contribution in [3.8, 4) is 0 Å². The normalized spacial score (nSPS) is 25.4. The number of allylic oxidation sites excluding steroid dienone is 7. The molecule has 2 heterocycles. The van der Waals surface area contributed by atoms with Crippen molar-refractivity contribution in [2.45, 2.75) is 312 Å². The van der Waals surface area contributed by atoms with Crippen LogP contribution in [0, 0.1) is 0 Å². The molecule has 2 saturated heterocycles. The van der Waals surface area contributed by atoms with Gasteiger partial charge in [0.2, 0.25) is 5.91 Å². The molecule has 0 aromatic carbocycles. The largest absolute Gasteiger partial charge is 0.394 e. The first kappa shape index (κ1) is 69.1. The topological polar surface area (TPSA) is 228 Å². The van der Waals surface area contributed by atoms with Gasteiger partial charge in [0.15, 0.2) is 12.6 Å². The number of amides is 1. The highest BCUT2D eigenvalue weighted by molar-refractivity contribution is 5.76. The van der Waals surface area contributed by atoms with Crippen LogP contribution in [-0.4, -0.2) is 140 Å². The summed E-state index contributed by atoms with van der Waals surface area (Å²) in [6.45, 7) is 2.62. The van der Waals surface area contributed by atoms with Gasteiger partial charge in [0, 0.05) is 6.42 Å². The molecule has 0 saturated carbocycles. The van der Waals surface area contributed by atoms with Crippen LogP contribution in [0.25, 0.3) is 0 Å². The van der Waals surface area contributed by atoms with Crippen LogP contribution in [0.4, 0.5) is 0 Å². The minimum Gasteiger partial charge on any atom is -0.394 e. The van der Waals surface area contributed by atoms with E-state index in [-0.39, 0.29) is 18.9 Å². The van der Waals surface area contributed by atoms with Crippen molar-refractivity contribution < 1.29 is 64.6 Å². The first-order chi connectivity index (χ1) is 36.6. The maximum Gasteiger partial charge on any atom is 0.220 e. The van der Waals surface area contributed by atoms with E-state index in [9.17, 15) is 45.6 Å². The van der Waals surface area contributed by atoms with Crippen molar-refractivity contribution in [1.29, 1.82) is 0 Å². The molecule has 0 aromatic heterocycles. The lowest BCUT2D eigenvalue weighted by molar-refractivity contribution is -0.359. The Morgan fingerprint density at radius 2 is 0.893 bits per heavy atom. The summed E-state index contributed by atoms with van der Waals surface area (Å²) in [5, 5.41) is 86.2. The summed E-state index contributed by atoms with van der Waals surface area (Å²) in [6.07, 6.45) is 42.9. The third-order valence-corrected chi connectivity index (χ3v) is 14.8. The van der Waals surface area contributed by atoms with Gasteiger partial charge in [0.25, 0.3) is 0 Å². The number of carbonyl (C=O) groups excluding carboxylic acids is 1. The SMILES string of the molecule is CCCC/C=C/C(O)C(COC1OC(CO)C(OC2OC(CO)C(O)C(O)C2O)C(O)C1O)NC(=O)CCCCCCCCCCCCCCCCCCCCCCCC/C=C\C/C=C\C/C=C\CCCCCCC. The zero-order valence-electron chi connectivity index (χ0n) is 47.0. The molecule has 0 bridgehead atoms. The fourth-order valence-electron chi connectivity index (χ4n) is 9.81. The fraction of sp³-hybridized carbons (Fsp3) is 0.852. The zero-order valence-corrected chi connectivity index (χ0v) is 47.0. The number of hydrogen-bond acceptors (Lipinski definition) is 13. The third kappa shape index (κ3) is 32.6. The lowest BCUT2D eigenvalue weighted by Gasteiger charge is -2.46. The Morgan fingerprint density at radius 1 is 0.480 bits per heavy atom. The molecule has 0 radical (unpaired) electrons. The summed E-state index contributed by atoms with van der Waals surface area (Å²) in [7, 11) is 0. The molecule has 0 aliphatic carbocycles. The number of aliphatic hydroxyl groups is 8. The molecule has 75 heavy (non-hydrogen) atoms. The predicted molar refractivity (Wildman–Crippen MR) is 300 cm³/mol. The molecule has 2 aliphatic heterocycles. The Hall–Kier alpha value is -2.05. The lowest BCUT2D eigenvalue weighted by Crippen LogP contribution is -2.65. The van der Waals surface area contributed by atoms with Gasteiger partial charge in [0.1, 0.15) is 48.8 Å². The molecule has 14 nitrogen and oxygen atoms in total. The molecule has 1 amide bonds. The van der Waals surface area contributed by atoms with Crippen molar-refractivity contribution in [2.24, 2.45) is 0 Å². The monoisotopic (exact) mass is 1070 g/mol. The summed E-state index contributed by atoms with van der Waals surface area (Å²) >= 11 is 0. The summed E-state index contributed by atoms with van der Waals surface area (Å²) in [4.78, 5) is 13.1. The molecule has 9 N–H and O–H groups in total. The predicted octanol–water partition coefficient (Wildman–Crippen LogP) is 10.4. The Kier molecular flexibility index (Phi) is 43.1. The molecule has 12 atom stereocenters. The first-order valence-electron chi connectivity index (χ1n) is 30.4. The maximum absolute atomic E-state index is 13.1.